The molecule has 2 heteroatoms. The third-order valence-electron chi connectivity index (χ3n) is 5.06. The van der Waals surface area contributed by atoms with Crippen LogP contribution in [0, 0.1) is 28.6 Å². The monoisotopic (exact) mass is 208 g/mol. The molecule has 2 saturated carbocycles. The summed E-state index contributed by atoms with van der Waals surface area (Å²) in [7, 11) is 0. The van der Waals surface area contributed by atoms with Gasteiger partial charge in [0, 0.05) is 5.92 Å². The first-order valence-electron chi connectivity index (χ1n) is 6.06. The number of hydrogen-bond acceptors (Lipinski definition) is 2. The Morgan fingerprint density at radius 3 is 2.60 bits per heavy atom. The van der Waals surface area contributed by atoms with Gasteiger partial charge < -0.3 is 4.74 Å². The fraction of sp³-hybridized carbons (Fsp3) is 0.923. The van der Waals surface area contributed by atoms with Gasteiger partial charge in [0.2, 0.25) is 0 Å². The maximum absolute atomic E-state index is 12.0. The predicted molar refractivity (Wildman–Crippen MR) is 57.1 cm³/mol. The van der Waals surface area contributed by atoms with E-state index in [2.05, 4.69) is 27.7 Å². The van der Waals surface area contributed by atoms with E-state index in [1.807, 2.05) is 0 Å². The van der Waals surface area contributed by atoms with Crippen LogP contribution in [0.15, 0.2) is 0 Å². The molecular formula is C13H20O2. The second kappa shape index (κ2) is 2.41. The lowest BCUT2D eigenvalue weighted by atomic mass is 9.59. The number of rotatable bonds is 0. The highest BCUT2D eigenvalue weighted by atomic mass is 16.6. The van der Waals surface area contributed by atoms with E-state index in [4.69, 9.17) is 4.74 Å². The first-order chi connectivity index (χ1) is 6.85. The smallest absolute Gasteiger partial charge is 0.312 e. The molecule has 15 heavy (non-hydrogen) atoms. The summed E-state index contributed by atoms with van der Waals surface area (Å²) in [6.45, 7) is 8.95. The van der Waals surface area contributed by atoms with Crippen LogP contribution in [0.1, 0.15) is 40.5 Å². The molecule has 3 aliphatic rings. The first kappa shape index (κ1) is 9.68. The number of carbonyl (C=O) groups excluding carboxylic acids is 1. The van der Waals surface area contributed by atoms with E-state index in [0.717, 1.165) is 12.3 Å². The van der Waals surface area contributed by atoms with Crippen molar-refractivity contribution in [3.8, 4) is 0 Å². The SMILES string of the molecule is CC(C)(C)C1C2CC3OC(=O)C1(C)C3C2. The molecule has 0 aromatic carbocycles. The summed E-state index contributed by atoms with van der Waals surface area (Å²) in [5.41, 5.74) is 0.0499. The van der Waals surface area contributed by atoms with Crippen LogP contribution >= 0.6 is 0 Å². The fourth-order valence-corrected chi connectivity index (χ4v) is 4.94. The number of fused-ring (bicyclic) bond motifs is 1. The predicted octanol–water partition coefficient (Wildman–Crippen LogP) is 2.62. The lowest BCUT2D eigenvalue weighted by Crippen LogP contribution is -2.43. The Kier molecular flexibility index (Phi) is 1.56. The molecule has 0 aromatic rings. The van der Waals surface area contributed by atoms with Crippen LogP contribution in [0.4, 0.5) is 0 Å². The van der Waals surface area contributed by atoms with Gasteiger partial charge in [0.15, 0.2) is 0 Å². The minimum absolute atomic E-state index is 0.0809. The van der Waals surface area contributed by atoms with Crippen LogP contribution in [0.3, 0.4) is 0 Å². The molecule has 2 aliphatic carbocycles. The second-order valence-electron chi connectivity index (χ2n) is 6.91. The quantitative estimate of drug-likeness (QED) is 0.572. The summed E-state index contributed by atoms with van der Waals surface area (Å²) in [5.74, 6) is 1.83. The summed E-state index contributed by atoms with van der Waals surface area (Å²) in [6, 6.07) is 0. The standard InChI is InChI=1S/C13H20O2/c1-12(2,3)10-7-5-8-9(6-7)15-11(14)13(8,10)4/h7-10H,5-6H2,1-4H3. The van der Waals surface area contributed by atoms with Crippen molar-refractivity contribution >= 4 is 5.97 Å². The Morgan fingerprint density at radius 2 is 2.00 bits per heavy atom. The van der Waals surface area contributed by atoms with E-state index in [0.29, 0.717) is 11.8 Å². The summed E-state index contributed by atoms with van der Waals surface area (Å²) >= 11 is 0. The molecule has 1 heterocycles. The van der Waals surface area contributed by atoms with Crippen molar-refractivity contribution in [1.29, 1.82) is 0 Å². The van der Waals surface area contributed by atoms with Gasteiger partial charge in [-0.15, -0.1) is 0 Å². The minimum atomic E-state index is -0.175. The Hall–Kier alpha value is -0.530. The number of carbonyl (C=O) groups is 1. The van der Waals surface area contributed by atoms with Gasteiger partial charge in [-0.25, -0.2) is 0 Å². The zero-order valence-electron chi connectivity index (χ0n) is 10.0. The Labute approximate surface area is 91.4 Å². The highest BCUT2D eigenvalue weighted by Crippen LogP contribution is 2.68. The van der Waals surface area contributed by atoms with Crippen molar-refractivity contribution in [2.45, 2.75) is 46.6 Å². The van der Waals surface area contributed by atoms with E-state index in [1.165, 1.54) is 6.42 Å². The van der Waals surface area contributed by atoms with Crippen LogP contribution in [0.2, 0.25) is 0 Å². The number of ether oxygens (including phenoxy) is 1. The average molecular weight is 208 g/mol. The van der Waals surface area contributed by atoms with Gasteiger partial charge in [-0.1, -0.05) is 20.8 Å². The summed E-state index contributed by atoms with van der Waals surface area (Å²) < 4.78 is 5.53. The molecule has 84 valence electrons. The maximum Gasteiger partial charge on any atom is 0.312 e. The molecule has 0 N–H and O–H groups in total. The zero-order valence-corrected chi connectivity index (χ0v) is 10.0. The van der Waals surface area contributed by atoms with E-state index in [9.17, 15) is 4.79 Å². The third kappa shape index (κ3) is 0.938. The minimum Gasteiger partial charge on any atom is -0.462 e. The van der Waals surface area contributed by atoms with Crippen molar-refractivity contribution in [3.05, 3.63) is 0 Å². The molecule has 5 atom stereocenters. The maximum atomic E-state index is 12.0. The molecule has 5 unspecified atom stereocenters. The Balaban J connectivity index is 2.09. The molecule has 0 aromatic heterocycles. The van der Waals surface area contributed by atoms with Gasteiger partial charge >= 0.3 is 5.97 Å². The molecule has 0 spiro atoms. The largest absolute Gasteiger partial charge is 0.462 e. The Morgan fingerprint density at radius 1 is 1.33 bits per heavy atom. The van der Waals surface area contributed by atoms with Gasteiger partial charge in [-0.2, -0.15) is 0 Å². The molecule has 3 rings (SSSR count). The van der Waals surface area contributed by atoms with Crippen molar-refractivity contribution in [2.24, 2.45) is 28.6 Å². The van der Waals surface area contributed by atoms with Crippen LogP contribution in [-0.2, 0) is 9.53 Å². The van der Waals surface area contributed by atoms with Crippen molar-refractivity contribution < 1.29 is 9.53 Å². The highest BCUT2D eigenvalue weighted by molar-refractivity contribution is 5.81. The van der Waals surface area contributed by atoms with Gasteiger partial charge in [-0.3, -0.25) is 4.79 Å². The van der Waals surface area contributed by atoms with Crippen LogP contribution < -0.4 is 0 Å². The van der Waals surface area contributed by atoms with Gasteiger partial charge in [0.05, 0.1) is 5.41 Å². The average Bonchev–Trinajstić information content (AvgIpc) is 2.59. The molecule has 1 saturated heterocycles. The molecule has 0 amide bonds. The summed E-state index contributed by atoms with van der Waals surface area (Å²) in [5, 5.41) is 0. The topological polar surface area (TPSA) is 26.3 Å². The molecule has 3 fully saturated rings. The third-order valence-corrected chi connectivity index (χ3v) is 5.06. The first-order valence-corrected chi connectivity index (χ1v) is 6.06. The molecule has 2 bridgehead atoms. The number of hydrogen-bond donors (Lipinski definition) is 0. The fourth-order valence-electron chi connectivity index (χ4n) is 4.94. The van der Waals surface area contributed by atoms with Crippen molar-refractivity contribution in [2.75, 3.05) is 0 Å². The lowest BCUT2D eigenvalue weighted by molar-refractivity contribution is -0.150. The second-order valence-corrected chi connectivity index (χ2v) is 6.91. The van der Waals surface area contributed by atoms with Crippen LogP contribution in [0.5, 0.6) is 0 Å². The van der Waals surface area contributed by atoms with Gasteiger partial charge in [-0.05, 0) is 37.0 Å². The van der Waals surface area contributed by atoms with Crippen molar-refractivity contribution in [3.63, 3.8) is 0 Å². The van der Waals surface area contributed by atoms with E-state index < -0.39 is 0 Å². The highest BCUT2D eigenvalue weighted by Gasteiger charge is 2.71. The van der Waals surface area contributed by atoms with Gasteiger partial charge in [0.1, 0.15) is 6.10 Å². The molecule has 2 nitrogen and oxygen atoms in total. The zero-order chi connectivity index (χ0) is 11.0. The van der Waals surface area contributed by atoms with E-state index in [1.54, 1.807) is 0 Å². The number of esters is 1. The van der Waals surface area contributed by atoms with Crippen LogP contribution in [0.25, 0.3) is 0 Å². The Bertz CT molecular complexity index is 328. The van der Waals surface area contributed by atoms with Crippen molar-refractivity contribution in [1.82, 2.24) is 0 Å². The van der Waals surface area contributed by atoms with Crippen LogP contribution in [-0.4, -0.2) is 12.1 Å². The normalized spacial score (nSPS) is 52.4. The molecule has 1 aliphatic heterocycles. The molecule has 0 radical (unpaired) electrons. The van der Waals surface area contributed by atoms with Gasteiger partial charge in [0.25, 0.3) is 0 Å². The summed E-state index contributed by atoms with van der Waals surface area (Å²) in [6.07, 6.45) is 2.59. The van der Waals surface area contributed by atoms with E-state index in [-0.39, 0.29) is 22.9 Å². The summed E-state index contributed by atoms with van der Waals surface area (Å²) in [4.78, 5) is 12.0. The molecular weight excluding hydrogens is 188 g/mol. The van der Waals surface area contributed by atoms with E-state index >= 15 is 0 Å². The lowest BCUT2D eigenvalue weighted by Gasteiger charge is -2.42.